The number of hydrogen-bond acceptors (Lipinski definition) is 2. The Hall–Kier alpha value is -1.68. The number of halogens is 1. The van der Waals surface area contributed by atoms with Crippen LogP contribution in [0.3, 0.4) is 0 Å². The summed E-state index contributed by atoms with van der Waals surface area (Å²) in [5, 5.41) is 3.38. The molecule has 1 aromatic carbocycles. The van der Waals surface area contributed by atoms with E-state index in [-0.39, 0.29) is 11.9 Å². The topological polar surface area (TPSA) is 29.9 Å². The number of nitrogens with one attached hydrogen (secondary N) is 1. The van der Waals surface area contributed by atoms with E-state index in [2.05, 4.69) is 10.3 Å². The summed E-state index contributed by atoms with van der Waals surface area (Å²) in [6, 6.07) is 6.62. The Labute approximate surface area is 100 Å². The van der Waals surface area contributed by atoms with Crippen LogP contribution in [0.2, 0.25) is 0 Å². The van der Waals surface area contributed by atoms with E-state index in [9.17, 15) is 4.39 Å². The summed E-state index contributed by atoms with van der Waals surface area (Å²) in [5.74, 6) is -0.214. The molecule has 0 aliphatic heterocycles. The SMILES string of the molecule is CCNC(c1ccc(F)cc1)c1cncn1C. The molecule has 1 aromatic heterocycles. The Bertz CT molecular complexity index is 476. The maximum Gasteiger partial charge on any atom is 0.123 e. The van der Waals surface area contributed by atoms with Gasteiger partial charge < -0.3 is 9.88 Å². The molecule has 0 bridgehead atoms. The molecule has 1 atom stereocenters. The van der Waals surface area contributed by atoms with Gasteiger partial charge in [0.2, 0.25) is 0 Å². The average molecular weight is 233 g/mol. The van der Waals surface area contributed by atoms with Crippen molar-refractivity contribution in [2.75, 3.05) is 6.54 Å². The van der Waals surface area contributed by atoms with Gasteiger partial charge in [-0.25, -0.2) is 9.37 Å². The standard InChI is InChI=1S/C13H16FN3/c1-3-16-13(12-8-15-9-17(12)2)10-4-6-11(14)7-5-10/h4-9,13,16H,3H2,1-2H3. The number of hydrogen-bond donors (Lipinski definition) is 1. The zero-order chi connectivity index (χ0) is 12.3. The van der Waals surface area contributed by atoms with E-state index in [1.54, 1.807) is 18.5 Å². The summed E-state index contributed by atoms with van der Waals surface area (Å²) < 4.78 is 14.9. The zero-order valence-corrected chi connectivity index (χ0v) is 10.0. The van der Waals surface area contributed by atoms with Crippen LogP contribution in [0, 0.1) is 5.82 Å². The summed E-state index contributed by atoms with van der Waals surface area (Å²) in [6.07, 6.45) is 3.60. The van der Waals surface area contributed by atoms with E-state index in [4.69, 9.17) is 0 Å². The second kappa shape index (κ2) is 5.10. The van der Waals surface area contributed by atoms with E-state index < -0.39 is 0 Å². The first-order valence-electron chi connectivity index (χ1n) is 5.67. The molecule has 17 heavy (non-hydrogen) atoms. The van der Waals surface area contributed by atoms with E-state index in [1.807, 2.05) is 24.7 Å². The molecule has 0 aliphatic carbocycles. The van der Waals surface area contributed by atoms with Gasteiger partial charge in [-0.3, -0.25) is 0 Å². The van der Waals surface area contributed by atoms with Crippen molar-refractivity contribution in [2.24, 2.45) is 7.05 Å². The summed E-state index contributed by atoms with van der Waals surface area (Å²) in [5.41, 5.74) is 2.11. The fraction of sp³-hybridized carbons (Fsp3) is 0.308. The molecule has 1 unspecified atom stereocenters. The lowest BCUT2D eigenvalue weighted by Gasteiger charge is -2.18. The maximum atomic E-state index is 12.9. The monoisotopic (exact) mass is 233 g/mol. The van der Waals surface area contributed by atoms with Gasteiger partial charge in [-0.1, -0.05) is 19.1 Å². The number of benzene rings is 1. The van der Waals surface area contributed by atoms with Crippen molar-refractivity contribution in [3.8, 4) is 0 Å². The van der Waals surface area contributed by atoms with E-state index in [0.29, 0.717) is 0 Å². The van der Waals surface area contributed by atoms with Gasteiger partial charge in [0, 0.05) is 7.05 Å². The molecule has 0 radical (unpaired) electrons. The van der Waals surface area contributed by atoms with Gasteiger partial charge in [0.05, 0.1) is 24.3 Å². The lowest BCUT2D eigenvalue weighted by Crippen LogP contribution is -2.23. The highest BCUT2D eigenvalue weighted by molar-refractivity contribution is 5.27. The van der Waals surface area contributed by atoms with Crippen LogP contribution in [0.15, 0.2) is 36.8 Å². The maximum absolute atomic E-state index is 12.9. The van der Waals surface area contributed by atoms with Gasteiger partial charge in [-0.05, 0) is 24.2 Å². The second-order valence-corrected chi connectivity index (χ2v) is 3.97. The van der Waals surface area contributed by atoms with Gasteiger partial charge in [0.15, 0.2) is 0 Å². The highest BCUT2D eigenvalue weighted by Crippen LogP contribution is 2.21. The lowest BCUT2D eigenvalue weighted by molar-refractivity contribution is 0.588. The molecular formula is C13H16FN3. The molecule has 1 heterocycles. The minimum atomic E-state index is -0.214. The van der Waals surface area contributed by atoms with Crippen LogP contribution >= 0.6 is 0 Å². The summed E-state index contributed by atoms with van der Waals surface area (Å²) in [7, 11) is 1.95. The molecule has 1 N–H and O–H groups in total. The van der Waals surface area contributed by atoms with Crippen molar-refractivity contribution in [3.63, 3.8) is 0 Å². The van der Waals surface area contributed by atoms with E-state index in [1.165, 1.54) is 12.1 Å². The van der Waals surface area contributed by atoms with Crippen LogP contribution in [-0.4, -0.2) is 16.1 Å². The summed E-state index contributed by atoms with van der Waals surface area (Å²) >= 11 is 0. The molecule has 3 nitrogen and oxygen atoms in total. The Balaban J connectivity index is 2.35. The van der Waals surface area contributed by atoms with Gasteiger partial charge in [-0.15, -0.1) is 0 Å². The van der Waals surface area contributed by atoms with E-state index in [0.717, 1.165) is 17.8 Å². The van der Waals surface area contributed by atoms with Crippen molar-refractivity contribution in [2.45, 2.75) is 13.0 Å². The molecule has 0 amide bonds. The van der Waals surface area contributed by atoms with Crippen molar-refractivity contribution >= 4 is 0 Å². The molecular weight excluding hydrogens is 217 g/mol. The van der Waals surface area contributed by atoms with Crippen LogP contribution in [0.5, 0.6) is 0 Å². The molecule has 90 valence electrons. The third-order valence-electron chi connectivity index (χ3n) is 2.76. The number of aromatic nitrogens is 2. The van der Waals surface area contributed by atoms with E-state index >= 15 is 0 Å². The third kappa shape index (κ3) is 2.53. The first-order valence-corrected chi connectivity index (χ1v) is 5.67. The smallest absolute Gasteiger partial charge is 0.123 e. The first kappa shape index (κ1) is 11.8. The highest BCUT2D eigenvalue weighted by Gasteiger charge is 2.15. The predicted molar refractivity (Wildman–Crippen MR) is 65.1 cm³/mol. The number of aryl methyl sites for hydroxylation is 1. The van der Waals surface area contributed by atoms with Crippen LogP contribution in [0.1, 0.15) is 24.2 Å². The van der Waals surface area contributed by atoms with Crippen molar-refractivity contribution < 1.29 is 4.39 Å². The van der Waals surface area contributed by atoms with Crippen molar-refractivity contribution in [1.82, 2.24) is 14.9 Å². The minimum absolute atomic E-state index is 0.0492. The van der Waals surface area contributed by atoms with Gasteiger partial charge in [-0.2, -0.15) is 0 Å². The zero-order valence-electron chi connectivity index (χ0n) is 10.0. The Morgan fingerprint density at radius 1 is 1.35 bits per heavy atom. The van der Waals surface area contributed by atoms with Gasteiger partial charge in [0.1, 0.15) is 5.82 Å². The molecule has 4 heteroatoms. The molecule has 0 aliphatic rings. The van der Waals surface area contributed by atoms with Gasteiger partial charge >= 0.3 is 0 Å². The molecule has 0 spiro atoms. The van der Waals surface area contributed by atoms with Crippen LogP contribution < -0.4 is 5.32 Å². The summed E-state index contributed by atoms with van der Waals surface area (Å²) in [6.45, 7) is 2.89. The largest absolute Gasteiger partial charge is 0.336 e. The number of nitrogens with zero attached hydrogens (tertiary/aromatic N) is 2. The molecule has 0 saturated heterocycles. The summed E-state index contributed by atoms with van der Waals surface area (Å²) in [4.78, 5) is 4.12. The molecule has 2 aromatic rings. The number of imidazole rings is 1. The van der Waals surface area contributed by atoms with Gasteiger partial charge in [0.25, 0.3) is 0 Å². The Morgan fingerprint density at radius 3 is 2.59 bits per heavy atom. The fourth-order valence-electron chi connectivity index (χ4n) is 1.90. The molecule has 2 rings (SSSR count). The lowest BCUT2D eigenvalue weighted by atomic mass is 10.0. The van der Waals surface area contributed by atoms with Crippen LogP contribution in [0.25, 0.3) is 0 Å². The Kier molecular flexibility index (Phi) is 3.54. The quantitative estimate of drug-likeness (QED) is 0.877. The first-order chi connectivity index (χ1) is 8.22. The van der Waals surface area contributed by atoms with Crippen LogP contribution in [-0.2, 0) is 7.05 Å². The molecule has 0 fully saturated rings. The van der Waals surface area contributed by atoms with Crippen molar-refractivity contribution in [3.05, 3.63) is 53.9 Å². The predicted octanol–water partition coefficient (Wildman–Crippen LogP) is 2.26. The van der Waals surface area contributed by atoms with Crippen molar-refractivity contribution in [1.29, 1.82) is 0 Å². The third-order valence-corrected chi connectivity index (χ3v) is 2.76. The second-order valence-electron chi connectivity index (χ2n) is 3.97. The molecule has 0 saturated carbocycles. The normalized spacial score (nSPS) is 12.6. The minimum Gasteiger partial charge on any atom is -0.336 e. The highest BCUT2D eigenvalue weighted by atomic mass is 19.1. The Morgan fingerprint density at radius 2 is 2.06 bits per heavy atom. The van der Waals surface area contributed by atoms with Crippen LogP contribution in [0.4, 0.5) is 4.39 Å². The number of rotatable bonds is 4. The average Bonchev–Trinajstić information content (AvgIpc) is 2.74. The fourth-order valence-corrected chi connectivity index (χ4v) is 1.90.